The lowest BCUT2D eigenvalue weighted by atomic mass is 10.0. The molecule has 0 aromatic heterocycles. The van der Waals surface area contributed by atoms with Crippen molar-refractivity contribution < 1.29 is 26.3 Å². The van der Waals surface area contributed by atoms with Crippen LogP contribution in [-0.4, -0.2) is 0 Å². The molecule has 0 aliphatic heterocycles. The Morgan fingerprint density at radius 2 is 0.658 bits per heavy atom. The Morgan fingerprint density at radius 3 is 1.01 bits per heavy atom. The van der Waals surface area contributed by atoms with E-state index in [0.717, 1.165) is 79.1 Å². The molecule has 9 aromatic carbocycles. The average Bonchev–Trinajstić information content (AvgIpc) is 3.34. The minimum Gasteiger partial charge on any atom is -0.310 e. The summed E-state index contributed by atoms with van der Waals surface area (Å²) in [4.78, 5) is 4.39. The highest BCUT2D eigenvalue weighted by Gasteiger charge is 2.31. The first-order valence-corrected chi connectivity index (χ1v) is 23.9. The number of halogens is 9. The van der Waals surface area contributed by atoms with Crippen molar-refractivity contribution in [3.63, 3.8) is 0 Å². The number of hydrogen-bond acceptors (Lipinski definition) is 2. The van der Waals surface area contributed by atoms with Crippen molar-refractivity contribution in [2.45, 2.75) is 54.4 Å². The second-order valence-corrected chi connectivity index (χ2v) is 18.6. The van der Waals surface area contributed by atoms with Gasteiger partial charge in [0.2, 0.25) is 0 Å². The third-order valence-corrected chi connectivity index (χ3v) is 12.4. The van der Waals surface area contributed by atoms with Crippen LogP contribution in [0, 0.1) is 34.6 Å². The molecule has 0 saturated heterocycles. The molecule has 11 heteroatoms. The van der Waals surface area contributed by atoms with Crippen LogP contribution in [0.15, 0.2) is 206 Å². The molecule has 0 heterocycles. The van der Waals surface area contributed by atoms with Gasteiger partial charge in [0.1, 0.15) is 0 Å². The zero-order valence-corrected chi connectivity index (χ0v) is 42.2. The SMILES string of the molecule is C.Cc1ccc(N(c2ccc(Cl)cc2)c2ccc(Cl)cc2)c(C)c1.Cc1cccc(-c2ccc(N(c3ccc(-c4cccc(C(F)(F)F)c4)cc3)c3ccc(C)cc3C)cc2)c1.FC(F)(F)c1cccc(Cl)c1. The third kappa shape index (κ3) is 14.6. The summed E-state index contributed by atoms with van der Waals surface area (Å²) in [5.41, 5.74) is 14.4. The Morgan fingerprint density at radius 1 is 0.315 bits per heavy atom. The maximum atomic E-state index is 13.2. The summed E-state index contributed by atoms with van der Waals surface area (Å²) < 4.78 is 75.5. The number of benzene rings is 9. The van der Waals surface area contributed by atoms with E-state index in [1.54, 1.807) is 6.07 Å². The molecular weight excluding hydrogens is 993 g/mol. The van der Waals surface area contributed by atoms with Crippen LogP contribution in [0.3, 0.4) is 0 Å². The van der Waals surface area contributed by atoms with Gasteiger partial charge in [-0.15, -0.1) is 0 Å². The zero-order valence-electron chi connectivity index (χ0n) is 39.9. The van der Waals surface area contributed by atoms with Crippen LogP contribution in [0.25, 0.3) is 22.3 Å². The molecule has 374 valence electrons. The van der Waals surface area contributed by atoms with Crippen molar-refractivity contribution in [1.82, 2.24) is 0 Å². The number of nitrogens with zero attached hydrogens (tertiary/aromatic N) is 2. The van der Waals surface area contributed by atoms with E-state index in [0.29, 0.717) is 5.56 Å². The van der Waals surface area contributed by atoms with Crippen LogP contribution in [-0.2, 0) is 12.4 Å². The maximum absolute atomic E-state index is 13.2. The van der Waals surface area contributed by atoms with Gasteiger partial charge < -0.3 is 9.80 Å². The molecule has 73 heavy (non-hydrogen) atoms. The summed E-state index contributed by atoms with van der Waals surface area (Å²) in [5.74, 6) is 0. The van der Waals surface area contributed by atoms with Gasteiger partial charge >= 0.3 is 12.4 Å². The van der Waals surface area contributed by atoms with E-state index in [1.807, 2.05) is 72.8 Å². The molecule has 9 aromatic rings. The summed E-state index contributed by atoms with van der Waals surface area (Å²) in [6, 6.07) is 63.1. The number of anilines is 6. The van der Waals surface area contributed by atoms with Crippen molar-refractivity contribution in [1.29, 1.82) is 0 Å². The molecule has 0 fully saturated rings. The smallest absolute Gasteiger partial charge is 0.310 e. The Labute approximate surface area is 439 Å². The molecule has 0 spiro atoms. The van der Waals surface area contributed by atoms with E-state index in [2.05, 4.69) is 129 Å². The van der Waals surface area contributed by atoms with Gasteiger partial charge in [0.25, 0.3) is 0 Å². The Kier molecular flexibility index (Phi) is 18.3. The predicted molar refractivity (Wildman–Crippen MR) is 295 cm³/mol. The van der Waals surface area contributed by atoms with Crippen molar-refractivity contribution in [2.75, 3.05) is 9.80 Å². The summed E-state index contributed by atoms with van der Waals surface area (Å²) >= 11 is 17.4. The van der Waals surface area contributed by atoms with Crippen molar-refractivity contribution in [2.24, 2.45) is 0 Å². The number of rotatable bonds is 8. The van der Waals surface area contributed by atoms with Crippen molar-refractivity contribution in [3.05, 3.63) is 260 Å². The molecular formula is C62H53Cl3F6N2. The first kappa shape index (κ1) is 55.3. The molecule has 9 rings (SSSR count). The van der Waals surface area contributed by atoms with E-state index in [9.17, 15) is 26.3 Å². The maximum Gasteiger partial charge on any atom is 0.416 e. The van der Waals surface area contributed by atoms with Gasteiger partial charge in [-0.25, -0.2) is 0 Å². The number of aryl methyl sites for hydroxylation is 5. The highest BCUT2D eigenvalue weighted by molar-refractivity contribution is 6.31. The lowest BCUT2D eigenvalue weighted by molar-refractivity contribution is -0.138. The first-order valence-electron chi connectivity index (χ1n) is 22.8. The second kappa shape index (κ2) is 24.2. The Bertz CT molecular complexity index is 3200. The largest absolute Gasteiger partial charge is 0.416 e. The molecule has 0 unspecified atom stereocenters. The summed E-state index contributed by atoms with van der Waals surface area (Å²) in [7, 11) is 0. The molecule has 0 aliphatic carbocycles. The monoisotopic (exact) mass is 1040 g/mol. The first-order chi connectivity index (χ1) is 34.2. The van der Waals surface area contributed by atoms with Gasteiger partial charge in [-0.1, -0.05) is 150 Å². The normalized spacial score (nSPS) is 11.0. The molecule has 0 atom stereocenters. The van der Waals surface area contributed by atoms with Crippen LogP contribution >= 0.6 is 34.8 Å². The van der Waals surface area contributed by atoms with E-state index in [-0.39, 0.29) is 12.4 Å². The van der Waals surface area contributed by atoms with Gasteiger partial charge in [0, 0.05) is 49.2 Å². The second-order valence-electron chi connectivity index (χ2n) is 17.3. The fraction of sp³-hybridized carbons (Fsp3) is 0.129. The van der Waals surface area contributed by atoms with E-state index >= 15 is 0 Å². The fourth-order valence-corrected chi connectivity index (χ4v) is 8.56. The van der Waals surface area contributed by atoms with E-state index in [1.165, 1.54) is 52.1 Å². The summed E-state index contributed by atoms with van der Waals surface area (Å²) in [5, 5.41) is 1.55. The van der Waals surface area contributed by atoms with Crippen LogP contribution in [0.5, 0.6) is 0 Å². The van der Waals surface area contributed by atoms with Gasteiger partial charge in [-0.05, 0) is 183 Å². The standard InChI is InChI=1S/C34H28F3N.C20H17Cl2N.C7H4ClF3.CH4/c1-23-6-4-7-28(21-23)26-11-15-31(16-12-26)38(33-19-10-24(2)20-25(33)3)32-17-13-27(14-18-32)29-8-5-9-30(22-29)34(35,36)37;1-14-3-12-20(15(2)13-14)23(18-8-4-16(21)5-9-18)19-10-6-17(22)7-11-19;8-6-3-1-2-5(4-6)7(9,10)11;/h4-22H,1-3H3;3-13H,1-2H3;1-4H;1H4. The minimum atomic E-state index is -4.37. The molecule has 0 bridgehead atoms. The lowest BCUT2D eigenvalue weighted by Gasteiger charge is -2.27. The van der Waals surface area contributed by atoms with Gasteiger partial charge in [-0.3, -0.25) is 0 Å². The fourth-order valence-electron chi connectivity index (χ4n) is 8.12. The molecule has 2 nitrogen and oxygen atoms in total. The minimum absolute atomic E-state index is 0. The number of alkyl halides is 6. The third-order valence-electron chi connectivity index (χ3n) is 11.6. The van der Waals surface area contributed by atoms with Crippen LogP contribution in [0.4, 0.5) is 60.5 Å². The zero-order chi connectivity index (χ0) is 51.7. The summed E-state index contributed by atoms with van der Waals surface area (Å²) in [6.07, 6.45) is -8.68. The lowest BCUT2D eigenvalue weighted by Crippen LogP contribution is -2.11. The average molecular weight is 1050 g/mol. The highest BCUT2D eigenvalue weighted by atomic mass is 35.5. The quantitative estimate of drug-likeness (QED) is 0.140. The van der Waals surface area contributed by atoms with Gasteiger partial charge in [0.15, 0.2) is 0 Å². The molecule has 0 radical (unpaired) electrons. The van der Waals surface area contributed by atoms with Crippen LogP contribution < -0.4 is 9.80 Å². The van der Waals surface area contributed by atoms with Crippen molar-refractivity contribution in [3.8, 4) is 22.3 Å². The van der Waals surface area contributed by atoms with E-state index in [4.69, 9.17) is 34.8 Å². The summed E-state index contributed by atoms with van der Waals surface area (Å²) in [6.45, 7) is 10.5. The molecule has 0 amide bonds. The highest BCUT2D eigenvalue weighted by Crippen LogP contribution is 2.41. The predicted octanol–water partition coefficient (Wildman–Crippen LogP) is 21.5. The topological polar surface area (TPSA) is 6.48 Å². The van der Waals surface area contributed by atoms with Crippen molar-refractivity contribution >= 4 is 68.9 Å². The molecule has 0 aliphatic rings. The van der Waals surface area contributed by atoms with Crippen LogP contribution in [0.1, 0.15) is 46.4 Å². The molecule has 0 saturated carbocycles. The molecule has 0 N–H and O–H groups in total. The van der Waals surface area contributed by atoms with Crippen LogP contribution in [0.2, 0.25) is 15.1 Å². The van der Waals surface area contributed by atoms with E-state index < -0.39 is 23.5 Å². The Balaban J connectivity index is 0.000000209. The van der Waals surface area contributed by atoms with Gasteiger partial charge in [-0.2, -0.15) is 26.3 Å². The van der Waals surface area contributed by atoms with Gasteiger partial charge in [0.05, 0.1) is 11.1 Å². The number of hydrogen-bond donors (Lipinski definition) is 0. The Hall–Kier alpha value is -6.97.